The third-order valence-corrected chi connectivity index (χ3v) is 3.12. The Morgan fingerprint density at radius 3 is 2.47 bits per heavy atom. The van der Waals surface area contributed by atoms with Crippen LogP contribution in [0.1, 0.15) is 6.92 Å². The number of esters is 1. The fourth-order valence-electron chi connectivity index (χ4n) is 1.08. The fourth-order valence-corrected chi connectivity index (χ4v) is 1.70. The van der Waals surface area contributed by atoms with E-state index in [1.165, 1.54) is 24.3 Å². The van der Waals surface area contributed by atoms with E-state index < -0.39 is 21.5 Å². The van der Waals surface area contributed by atoms with Crippen molar-refractivity contribution < 1.29 is 17.9 Å². The lowest BCUT2D eigenvalue weighted by molar-refractivity contribution is -0.142. The normalized spacial score (nSPS) is 13.4. The second kappa shape index (κ2) is 6.60. The molecule has 0 bridgehead atoms. The van der Waals surface area contributed by atoms with Crippen molar-refractivity contribution in [3.63, 3.8) is 0 Å². The van der Waals surface area contributed by atoms with Gasteiger partial charge in [-0.1, -0.05) is 11.6 Å². The smallest absolute Gasteiger partial charge is 0.348 e. The molecule has 7 nitrogen and oxygen atoms in total. The van der Waals surface area contributed by atoms with Crippen molar-refractivity contribution in [3.8, 4) is 0 Å². The number of carbonyl (C=O) groups excluding carboxylic acids is 1. The number of rotatable bonds is 5. The Labute approximate surface area is 115 Å². The van der Waals surface area contributed by atoms with Crippen molar-refractivity contribution in [2.45, 2.75) is 17.3 Å². The molecule has 1 rings (SSSR count). The first kappa shape index (κ1) is 15.5. The number of ether oxygens (including phenoxy) is 1. The molecule has 0 fully saturated rings. The molecule has 0 heterocycles. The molecule has 0 aliphatic heterocycles. The van der Waals surface area contributed by atoms with Gasteiger partial charge in [0.25, 0.3) is 0 Å². The number of sulfonamides is 1. The van der Waals surface area contributed by atoms with Gasteiger partial charge in [-0.25, -0.2) is 18.4 Å². The van der Waals surface area contributed by atoms with Crippen molar-refractivity contribution in [2.75, 3.05) is 6.61 Å². The van der Waals surface area contributed by atoms with Crippen molar-refractivity contribution in [1.82, 2.24) is 0 Å². The van der Waals surface area contributed by atoms with Gasteiger partial charge in [-0.2, -0.15) is 10.2 Å². The van der Waals surface area contributed by atoms with Crippen molar-refractivity contribution in [2.24, 2.45) is 15.4 Å². The number of nitrogens with two attached hydrogens (primary N) is 1. The van der Waals surface area contributed by atoms with Crippen molar-refractivity contribution in [1.29, 1.82) is 0 Å². The molecule has 0 saturated carbocycles. The van der Waals surface area contributed by atoms with Crippen LogP contribution in [0.5, 0.6) is 0 Å². The summed E-state index contributed by atoms with van der Waals surface area (Å²) in [4.78, 5) is 11.1. The van der Waals surface area contributed by atoms with E-state index in [9.17, 15) is 13.2 Å². The standard InChI is InChI=1S/C10H12ClN3O4S/c1-2-18-10(15)9(11)14-13-7-3-5-8(6-4-7)19(12,16)17/h3-6,9H,2H2,1H3,(H2,12,16,17). The number of halogens is 1. The third-order valence-electron chi connectivity index (χ3n) is 1.92. The SMILES string of the molecule is CCOC(=O)C(Cl)N=Nc1ccc(S(N)(=O)=O)cc1. The molecule has 1 aromatic carbocycles. The minimum absolute atomic E-state index is 0.0423. The Morgan fingerprint density at radius 2 is 2.00 bits per heavy atom. The Morgan fingerprint density at radius 1 is 1.42 bits per heavy atom. The average Bonchev–Trinajstić information content (AvgIpc) is 2.35. The minimum atomic E-state index is -3.74. The molecule has 0 aliphatic rings. The van der Waals surface area contributed by atoms with Gasteiger partial charge >= 0.3 is 5.97 Å². The molecule has 1 unspecified atom stereocenters. The molecule has 2 N–H and O–H groups in total. The van der Waals surface area contributed by atoms with Crippen LogP contribution in [0.15, 0.2) is 39.4 Å². The van der Waals surface area contributed by atoms with Crippen LogP contribution in [-0.4, -0.2) is 26.5 Å². The van der Waals surface area contributed by atoms with E-state index in [0.29, 0.717) is 5.69 Å². The van der Waals surface area contributed by atoms with Crippen LogP contribution in [0.2, 0.25) is 0 Å². The first-order chi connectivity index (χ1) is 8.84. The number of azo groups is 1. The molecule has 19 heavy (non-hydrogen) atoms. The molecule has 0 spiro atoms. The highest BCUT2D eigenvalue weighted by Crippen LogP contribution is 2.17. The van der Waals surface area contributed by atoms with Crippen molar-refractivity contribution >= 4 is 33.3 Å². The van der Waals surface area contributed by atoms with Gasteiger partial charge in [0.05, 0.1) is 17.2 Å². The minimum Gasteiger partial charge on any atom is -0.463 e. The van der Waals surface area contributed by atoms with Gasteiger partial charge < -0.3 is 4.74 Å². The summed E-state index contributed by atoms with van der Waals surface area (Å²) >= 11 is 5.61. The van der Waals surface area contributed by atoms with E-state index in [4.69, 9.17) is 16.7 Å². The Kier molecular flexibility index (Phi) is 5.40. The topological polar surface area (TPSA) is 111 Å². The molecule has 104 valence electrons. The molecule has 9 heteroatoms. The lowest BCUT2D eigenvalue weighted by Crippen LogP contribution is -2.15. The van der Waals surface area contributed by atoms with E-state index in [1.807, 2.05) is 0 Å². The Hall–Kier alpha value is -1.51. The molecule has 0 aromatic heterocycles. The quantitative estimate of drug-likeness (QED) is 0.385. The summed E-state index contributed by atoms with van der Waals surface area (Å²) < 4.78 is 26.7. The van der Waals surface area contributed by atoms with Crippen LogP contribution >= 0.6 is 11.6 Å². The summed E-state index contributed by atoms with van der Waals surface area (Å²) in [5.74, 6) is -0.700. The van der Waals surface area contributed by atoms with Gasteiger partial charge in [-0.3, -0.25) is 0 Å². The zero-order chi connectivity index (χ0) is 14.5. The summed E-state index contributed by atoms with van der Waals surface area (Å²) in [7, 11) is -3.74. The van der Waals surface area contributed by atoms with Gasteiger partial charge in [0.2, 0.25) is 15.5 Å². The Bertz CT molecular complexity index is 571. The zero-order valence-electron chi connectivity index (χ0n) is 9.98. The highest BCUT2D eigenvalue weighted by atomic mass is 35.5. The number of hydrogen-bond acceptors (Lipinski definition) is 6. The molecule has 0 aliphatic carbocycles. The van der Waals surface area contributed by atoms with Gasteiger partial charge in [0.15, 0.2) is 0 Å². The first-order valence-corrected chi connectivity index (χ1v) is 7.17. The Balaban J connectivity index is 2.76. The number of carbonyl (C=O) groups is 1. The number of hydrogen-bond donors (Lipinski definition) is 1. The summed E-state index contributed by atoms with van der Waals surface area (Å²) in [5.41, 5.74) is -0.903. The monoisotopic (exact) mass is 305 g/mol. The third kappa shape index (κ3) is 4.93. The van der Waals surface area contributed by atoms with E-state index in [2.05, 4.69) is 15.0 Å². The van der Waals surface area contributed by atoms with Crippen molar-refractivity contribution in [3.05, 3.63) is 24.3 Å². The average molecular weight is 306 g/mol. The maximum Gasteiger partial charge on any atom is 0.348 e. The van der Waals surface area contributed by atoms with Gasteiger partial charge in [-0.05, 0) is 31.2 Å². The van der Waals surface area contributed by atoms with E-state index in [-0.39, 0.29) is 11.5 Å². The first-order valence-electron chi connectivity index (χ1n) is 5.19. The predicted octanol–water partition coefficient (Wildman–Crippen LogP) is 1.55. The predicted molar refractivity (Wildman–Crippen MR) is 68.6 cm³/mol. The molecule has 0 amide bonds. The lowest BCUT2D eigenvalue weighted by Gasteiger charge is -2.02. The van der Waals surface area contributed by atoms with E-state index >= 15 is 0 Å². The highest BCUT2D eigenvalue weighted by molar-refractivity contribution is 7.89. The lowest BCUT2D eigenvalue weighted by atomic mass is 10.3. The van der Waals surface area contributed by atoms with Crippen LogP contribution < -0.4 is 5.14 Å². The summed E-state index contributed by atoms with van der Waals surface area (Å²) in [6.07, 6.45) is 0. The zero-order valence-corrected chi connectivity index (χ0v) is 11.6. The summed E-state index contributed by atoms with van der Waals surface area (Å²) in [6, 6.07) is 5.32. The number of benzene rings is 1. The van der Waals surface area contributed by atoms with Crippen LogP contribution in [-0.2, 0) is 19.6 Å². The largest absolute Gasteiger partial charge is 0.463 e. The second-order valence-electron chi connectivity index (χ2n) is 3.34. The molecule has 1 atom stereocenters. The van der Waals surface area contributed by atoms with Gasteiger partial charge in [0, 0.05) is 0 Å². The number of nitrogens with zero attached hydrogens (tertiary/aromatic N) is 2. The molecule has 0 radical (unpaired) electrons. The van der Waals surface area contributed by atoms with Crippen LogP contribution in [0.4, 0.5) is 5.69 Å². The molecule has 0 saturated heterocycles. The van der Waals surface area contributed by atoms with Crippen LogP contribution in [0.3, 0.4) is 0 Å². The van der Waals surface area contributed by atoms with Gasteiger partial charge in [-0.15, -0.1) is 0 Å². The maximum atomic E-state index is 11.1. The maximum absolute atomic E-state index is 11.1. The highest BCUT2D eigenvalue weighted by Gasteiger charge is 2.15. The molecular weight excluding hydrogens is 294 g/mol. The molecular formula is C10H12ClN3O4S. The number of alkyl halides is 1. The second-order valence-corrected chi connectivity index (χ2v) is 5.32. The summed E-state index contributed by atoms with van der Waals surface area (Å²) in [5, 5.41) is 12.2. The van der Waals surface area contributed by atoms with Crippen LogP contribution in [0, 0.1) is 0 Å². The fraction of sp³-hybridized carbons (Fsp3) is 0.300. The van der Waals surface area contributed by atoms with Gasteiger partial charge in [0.1, 0.15) is 0 Å². The summed E-state index contributed by atoms with van der Waals surface area (Å²) in [6.45, 7) is 1.84. The number of primary sulfonamides is 1. The van der Waals surface area contributed by atoms with E-state index in [1.54, 1.807) is 6.92 Å². The van der Waals surface area contributed by atoms with Crippen LogP contribution in [0.25, 0.3) is 0 Å². The molecule has 1 aromatic rings. The van der Waals surface area contributed by atoms with E-state index in [0.717, 1.165) is 0 Å².